The van der Waals surface area contributed by atoms with Crippen LogP contribution in [0.4, 0.5) is 0 Å². The number of likely N-dealkylation sites (tertiary alicyclic amines) is 1. The van der Waals surface area contributed by atoms with Gasteiger partial charge in [-0.1, -0.05) is 30.3 Å². The van der Waals surface area contributed by atoms with Crippen LogP contribution in [-0.4, -0.2) is 41.5 Å². The number of carbonyl (C=O) groups excluding carboxylic acids is 2. The molecule has 2 aliphatic heterocycles. The highest BCUT2D eigenvalue weighted by Gasteiger charge is 2.45. The van der Waals surface area contributed by atoms with E-state index in [9.17, 15) is 9.59 Å². The lowest BCUT2D eigenvalue weighted by molar-refractivity contribution is -0.142. The molecule has 2 fully saturated rings. The van der Waals surface area contributed by atoms with E-state index < -0.39 is 0 Å². The van der Waals surface area contributed by atoms with E-state index in [0.717, 1.165) is 16.3 Å². The summed E-state index contributed by atoms with van der Waals surface area (Å²) in [5.74, 6) is -0.0848. The zero-order chi connectivity index (χ0) is 15.8. The van der Waals surface area contributed by atoms with Crippen LogP contribution in [0.1, 0.15) is 5.69 Å². The summed E-state index contributed by atoms with van der Waals surface area (Å²) in [6.45, 7) is 1.55. The van der Waals surface area contributed by atoms with E-state index in [2.05, 4.69) is 4.98 Å². The fourth-order valence-electron chi connectivity index (χ4n) is 3.18. The molecule has 1 aromatic carbocycles. The van der Waals surface area contributed by atoms with Gasteiger partial charge >= 0.3 is 5.97 Å². The Labute approximate surface area is 150 Å². The number of halogens is 1. The first-order valence-electron chi connectivity index (χ1n) is 7.65. The van der Waals surface area contributed by atoms with E-state index in [-0.39, 0.29) is 42.5 Å². The van der Waals surface area contributed by atoms with Gasteiger partial charge < -0.3 is 9.64 Å². The maximum Gasteiger partial charge on any atom is 0.311 e. The lowest BCUT2D eigenvalue weighted by Crippen LogP contribution is -2.32. The molecule has 24 heavy (non-hydrogen) atoms. The maximum atomic E-state index is 12.4. The molecule has 0 spiro atoms. The van der Waals surface area contributed by atoms with E-state index in [0.29, 0.717) is 19.7 Å². The van der Waals surface area contributed by atoms with Crippen molar-refractivity contribution in [3.8, 4) is 10.6 Å². The second-order valence-corrected chi connectivity index (χ2v) is 6.84. The number of esters is 1. The molecule has 2 aromatic rings. The number of ether oxygens (including phenoxy) is 1. The molecule has 2 atom stereocenters. The number of amides is 1. The maximum absolute atomic E-state index is 12.4. The summed E-state index contributed by atoms with van der Waals surface area (Å²) >= 11 is 1.55. The lowest BCUT2D eigenvalue weighted by Gasteiger charge is -2.16. The van der Waals surface area contributed by atoms with Crippen molar-refractivity contribution in [2.24, 2.45) is 11.8 Å². The normalized spacial score (nSPS) is 22.0. The molecule has 1 amide bonds. The third-order valence-corrected chi connectivity index (χ3v) is 5.38. The number of carbonyl (C=O) groups is 2. The minimum absolute atomic E-state index is 0. The Bertz CT molecular complexity index is 749. The number of cyclic esters (lactones) is 1. The highest BCUT2D eigenvalue weighted by atomic mass is 35.5. The molecular formula is C17H17ClN2O3S. The number of thiazole rings is 1. The van der Waals surface area contributed by atoms with Crippen LogP contribution in [0.5, 0.6) is 0 Å². The number of benzene rings is 1. The number of hydrogen-bond donors (Lipinski definition) is 0. The van der Waals surface area contributed by atoms with Gasteiger partial charge in [0.05, 0.1) is 24.6 Å². The van der Waals surface area contributed by atoms with Crippen LogP contribution >= 0.6 is 23.7 Å². The van der Waals surface area contributed by atoms with Crippen molar-refractivity contribution in [2.45, 2.75) is 6.42 Å². The predicted molar refractivity (Wildman–Crippen MR) is 93.0 cm³/mol. The van der Waals surface area contributed by atoms with Gasteiger partial charge in [0.2, 0.25) is 5.91 Å². The van der Waals surface area contributed by atoms with Gasteiger partial charge in [-0.25, -0.2) is 4.98 Å². The molecule has 0 N–H and O–H groups in total. The summed E-state index contributed by atoms with van der Waals surface area (Å²) in [5, 5.41) is 2.86. The molecule has 4 rings (SSSR count). The molecule has 0 bridgehead atoms. The number of nitrogens with zero attached hydrogens (tertiary/aromatic N) is 2. The van der Waals surface area contributed by atoms with Crippen molar-refractivity contribution in [2.75, 3.05) is 19.7 Å². The van der Waals surface area contributed by atoms with Crippen molar-refractivity contribution in [1.82, 2.24) is 9.88 Å². The topological polar surface area (TPSA) is 59.5 Å². The van der Waals surface area contributed by atoms with E-state index in [1.54, 1.807) is 16.2 Å². The summed E-state index contributed by atoms with van der Waals surface area (Å²) < 4.78 is 5.03. The van der Waals surface area contributed by atoms with Crippen molar-refractivity contribution < 1.29 is 14.3 Å². The number of hydrogen-bond acceptors (Lipinski definition) is 5. The zero-order valence-electron chi connectivity index (χ0n) is 12.9. The van der Waals surface area contributed by atoms with Gasteiger partial charge in [-0.15, -0.1) is 23.7 Å². The smallest absolute Gasteiger partial charge is 0.311 e. The first-order valence-corrected chi connectivity index (χ1v) is 8.53. The molecule has 5 nitrogen and oxygen atoms in total. The van der Waals surface area contributed by atoms with Gasteiger partial charge in [-0.2, -0.15) is 0 Å². The van der Waals surface area contributed by atoms with Crippen molar-refractivity contribution >= 4 is 35.6 Å². The lowest BCUT2D eigenvalue weighted by atomic mass is 10.0. The van der Waals surface area contributed by atoms with Crippen LogP contribution in [0.2, 0.25) is 0 Å². The van der Waals surface area contributed by atoms with Crippen molar-refractivity contribution in [3.63, 3.8) is 0 Å². The average Bonchev–Trinajstić information content (AvgIpc) is 3.26. The van der Waals surface area contributed by atoms with Gasteiger partial charge in [0.15, 0.2) is 0 Å². The fourth-order valence-corrected chi connectivity index (χ4v) is 4.00. The fraction of sp³-hybridized carbons (Fsp3) is 0.353. The Kier molecular flexibility index (Phi) is 4.87. The second-order valence-electron chi connectivity index (χ2n) is 5.98. The minimum Gasteiger partial charge on any atom is -0.465 e. The Morgan fingerprint density at radius 1 is 1.29 bits per heavy atom. The molecule has 1 aromatic heterocycles. The highest BCUT2D eigenvalue weighted by Crippen LogP contribution is 2.31. The molecular weight excluding hydrogens is 348 g/mol. The van der Waals surface area contributed by atoms with E-state index in [4.69, 9.17) is 4.74 Å². The Balaban J connectivity index is 0.00000169. The molecule has 0 aliphatic carbocycles. The van der Waals surface area contributed by atoms with Gasteiger partial charge in [-0.3, -0.25) is 9.59 Å². The Morgan fingerprint density at radius 2 is 2.08 bits per heavy atom. The Hall–Kier alpha value is -1.92. The van der Waals surface area contributed by atoms with Crippen LogP contribution in [0.3, 0.4) is 0 Å². The second kappa shape index (κ2) is 6.91. The van der Waals surface area contributed by atoms with Gasteiger partial charge in [0.1, 0.15) is 5.01 Å². The molecule has 7 heteroatoms. The molecule has 2 aliphatic rings. The number of rotatable bonds is 3. The molecule has 0 radical (unpaired) electrons. The van der Waals surface area contributed by atoms with Gasteiger partial charge in [0.25, 0.3) is 0 Å². The average molecular weight is 365 g/mol. The summed E-state index contributed by atoms with van der Waals surface area (Å²) in [7, 11) is 0. The van der Waals surface area contributed by atoms with Crippen molar-refractivity contribution in [1.29, 1.82) is 0 Å². The minimum atomic E-state index is -0.162. The summed E-state index contributed by atoms with van der Waals surface area (Å²) in [5.41, 5.74) is 1.85. The largest absolute Gasteiger partial charge is 0.465 e. The summed E-state index contributed by atoms with van der Waals surface area (Å²) in [4.78, 5) is 30.3. The van der Waals surface area contributed by atoms with E-state index in [1.165, 1.54) is 0 Å². The number of aromatic nitrogens is 1. The first-order chi connectivity index (χ1) is 11.2. The van der Waals surface area contributed by atoms with Crippen LogP contribution in [-0.2, 0) is 20.7 Å². The van der Waals surface area contributed by atoms with Gasteiger partial charge in [-0.05, 0) is 0 Å². The van der Waals surface area contributed by atoms with Crippen LogP contribution in [0.15, 0.2) is 35.7 Å². The highest BCUT2D eigenvalue weighted by molar-refractivity contribution is 7.13. The molecule has 0 unspecified atom stereocenters. The molecule has 126 valence electrons. The third kappa shape index (κ3) is 3.16. The molecule has 2 saturated heterocycles. The van der Waals surface area contributed by atoms with Crippen LogP contribution < -0.4 is 0 Å². The van der Waals surface area contributed by atoms with E-state index in [1.807, 2.05) is 35.7 Å². The monoisotopic (exact) mass is 364 g/mol. The van der Waals surface area contributed by atoms with Crippen molar-refractivity contribution in [3.05, 3.63) is 41.4 Å². The Morgan fingerprint density at radius 3 is 2.83 bits per heavy atom. The summed E-state index contributed by atoms with van der Waals surface area (Å²) in [6, 6.07) is 9.94. The SMILES string of the molecule is Cl.O=C1OC[C@H]2CN(C(=O)Cc3csc(-c4ccccc4)n3)C[C@@H]12. The number of fused-ring (bicyclic) bond motifs is 1. The summed E-state index contributed by atoms with van der Waals surface area (Å²) in [6.07, 6.45) is 0.290. The van der Waals surface area contributed by atoms with E-state index >= 15 is 0 Å². The quantitative estimate of drug-likeness (QED) is 0.785. The zero-order valence-corrected chi connectivity index (χ0v) is 14.5. The van der Waals surface area contributed by atoms with Gasteiger partial charge in [0, 0.05) is 30.0 Å². The molecule has 0 saturated carbocycles. The first kappa shape index (κ1) is 16.9. The van der Waals surface area contributed by atoms with Crippen LogP contribution in [0, 0.1) is 11.8 Å². The van der Waals surface area contributed by atoms with Crippen LogP contribution in [0.25, 0.3) is 10.6 Å². The predicted octanol–water partition coefficient (Wildman–Crippen LogP) is 2.41. The molecule has 3 heterocycles. The third-order valence-electron chi connectivity index (χ3n) is 4.44. The standard InChI is InChI=1S/C17H16N2O3S.ClH/c20-15(19-7-12-9-22-17(21)14(12)8-19)6-13-10-23-16(18-13)11-4-2-1-3-5-11;/h1-5,10,12,14H,6-9H2;1H/t12-,14-;/m1./s1.